The molecule has 1 aromatic carbocycles. The summed E-state index contributed by atoms with van der Waals surface area (Å²) < 4.78 is 52.0. The van der Waals surface area contributed by atoms with Gasteiger partial charge in [0.2, 0.25) is 0 Å². The van der Waals surface area contributed by atoms with Crippen LogP contribution >= 0.6 is 0 Å². The summed E-state index contributed by atoms with van der Waals surface area (Å²) in [6.07, 6.45) is -1.64. The average molecular weight is 439 g/mol. The molecule has 1 aromatic heterocycles. The number of nitrogens with zero attached hydrogens (tertiary/aromatic N) is 2. The molecule has 1 saturated heterocycles. The van der Waals surface area contributed by atoms with Crippen molar-refractivity contribution < 1.29 is 27.4 Å². The molecular weight excluding hydrogens is 411 g/mol. The minimum absolute atomic E-state index is 0.0276. The van der Waals surface area contributed by atoms with E-state index in [1.165, 1.54) is 7.11 Å². The third-order valence-electron chi connectivity index (χ3n) is 5.21. The number of rotatable bonds is 5. The molecule has 0 radical (unpaired) electrons. The number of alkyl halides is 3. The standard InChI is InChI=1S/C22H28F3N3O3/c1-21(2,3)18-12-19(28(27-18)13-15-7-5-6-10-31-15)26-20(29)16-11-14(22(23,24)25)8-9-17(16)30-4/h8-9,11-12,15H,5-7,10,13H2,1-4H3,(H,26,29). The lowest BCUT2D eigenvalue weighted by Crippen LogP contribution is -2.27. The van der Waals surface area contributed by atoms with Gasteiger partial charge in [-0.25, -0.2) is 4.68 Å². The Bertz CT molecular complexity index is 926. The predicted octanol–water partition coefficient (Wildman–Crippen LogP) is 5.03. The number of nitrogens with one attached hydrogen (secondary N) is 1. The van der Waals surface area contributed by atoms with E-state index in [4.69, 9.17) is 9.47 Å². The van der Waals surface area contributed by atoms with E-state index in [0.29, 0.717) is 19.0 Å². The first kappa shape index (κ1) is 23.1. The molecule has 170 valence electrons. The molecule has 1 N–H and O–H groups in total. The topological polar surface area (TPSA) is 65.4 Å². The van der Waals surface area contributed by atoms with E-state index in [-0.39, 0.29) is 22.8 Å². The zero-order valence-electron chi connectivity index (χ0n) is 18.2. The highest BCUT2D eigenvalue weighted by Gasteiger charge is 2.32. The number of aromatic nitrogens is 2. The van der Waals surface area contributed by atoms with Gasteiger partial charge in [-0.1, -0.05) is 20.8 Å². The SMILES string of the molecule is COc1ccc(C(F)(F)F)cc1C(=O)Nc1cc(C(C)(C)C)nn1CC1CCCCO1. The van der Waals surface area contributed by atoms with Gasteiger partial charge in [-0.05, 0) is 37.5 Å². The fraction of sp³-hybridized carbons (Fsp3) is 0.545. The van der Waals surface area contributed by atoms with Crippen LogP contribution in [0.15, 0.2) is 24.3 Å². The Labute approximate surface area is 179 Å². The number of amides is 1. The summed E-state index contributed by atoms with van der Waals surface area (Å²) in [6.45, 7) is 7.13. The van der Waals surface area contributed by atoms with E-state index in [9.17, 15) is 18.0 Å². The average Bonchev–Trinajstić information content (AvgIpc) is 3.10. The lowest BCUT2D eigenvalue weighted by atomic mass is 9.92. The Balaban J connectivity index is 1.92. The molecule has 1 aliphatic heterocycles. The highest BCUT2D eigenvalue weighted by atomic mass is 19.4. The number of carbonyl (C=O) groups is 1. The fourth-order valence-corrected chi connectivity index (χ4v) is 3.41. The molecule has 2 heterocycles. The van der Waals surface area contributed by atoms with Crippen LogP contribution in [-0.4, -0.2) is 35.5 Å². The smallest absolute Gasteiger partial charge is 0.416 e. The number of hydrogen-bond acceptors (Lipinski definition) is 4. The molecule has 1 unspecified atom stereocenters. The van der Waals surface area contributed by atoms with Gasteiger partial charge in [-0.2, -0.15) is 18.3 Å². The van der Waals surface area contributed by atoms with Crippen LogP contribution in [0.25, 0.3) is 0 Å². The first-order valence-corrected chi connectivity index (χ1v) is 10.3. The molecule has 1 amide bonds. The maximum Gasteiger partial charge on any atom is 0.416 e. The van der Waals surface area contributed by atoms with Gasteiger partial charge >= 0.3 is 6.18 Å². The Morgan fingerprint density at radius 2 is 2.00 bits per heavy atom. The molecule has 1 fully saturated rings. The number of halogens is 3. The first-order chi connectivity index (χ1) is 14.5. The second-order valence-electron chi connectivity index (χ2n) is 8.70. The van der Waals surface area contributed by atoms with Crippen molar-refractivity contribution in [3.8, 4) is 5.75 Å². The van der Waals surface area contributed by atoms with E-state index < -0.39 is 17.6 Å². The summed E-state index contributed by atoms with van der Waals surface area (Å²) in [4.78, 5) is 12.9. The summed E-state index contributed by atoms with van der Waals surface area (Å²) in [5, 5.41) is 7.35. The second kappa shape index (κ2) is 8.90. The third kappa shape index (κ3) is 5.58. The minimum atomic E-state index is -4.57. The van der Waals surface area contributed by atoms with Crippen molar-refractivity contribution in [2.75, 3.05) is 19.0 Å². The number of hydrogen-bond donors (Lipinski definition) is 1. The van der Waals surface area contributed by atoms with Crippen LogP contribution in [0.4, 0.5) is 19.0 Å². The van der Waals surface area contributed by atoms with Crippen molar-refractivity contribution >= 4 is 11.7 Å². The summed E-state index contributed by atoms with van der Waals surface area (Å²) in [5.41, 5.74) is -0.629. The summed E-state index contributed by atoms with van der Waals surface area (Å²) >= 11 is 0. The van der Waals surface area contributed by atoms with Crippen LogP contribution in [-0.2, 0) is 22.9 Å². The van der Waals surface area contributed by atoms with Crippen LogP contribution in [0, 0.1) is 0 Å². The van der Waals surface area contributed by atoms with Crippen molar-refractivity contribution in [3.63, 3.8) is 0 Å². The monoisotopic (exact) mass is 439 g/mol. The lowest BCUT2D eigenvalue weighted by Gasteiger charge is -2.23. The molecule has 6 nitrogen and oxygen atoms in total. The predicted molar refractivity (Wildman–Crippen MR) is 110 cm³/mol. The van der Waals surface area contributed by atoms with E-state index in [1.54, 1.807) is 10.7 Å². The Morgan fingerprint density at radius 1 is 1.26 bits per heavy atom. The normalized spacial score (nSPS) is 17.5. The van der Waals surface area contributed by atoms with Crippen LogP contribution in [0.5, 0.6) is 5.75 Å². The quantitative estimate of drug-likeness (QED) is 0.710. The van der Waals surface area contributed by atoms with Crippen molar-refractivity contribution in [1.82, 2.24) is 9.78 Å². The van der Waals surface area contributed by atoms with Gasteiger partial charge < -0.3 is 14.8 Å². The Morgan fingerprint density at radius 3 is 2.58 bits per heavy atom. The molecule has 3 rings (SSSR count). The number of ether oxygens (including phenoxy) is 2. The van der Waals surface area contributed by atoms with Crippen LogP contribution < -0.4 is 10.1 Å². The number of methoxy groups -OCH3 is 1. The van der Waals surface area contributed by atoms with Gasteiger partial charge in [0.1, 0.15) is 11.6 Å². The van der Waals surface area contributed by atoms with Crippen molar-refractivity contribution in [2.24, 2.45) is 0 Å². The molecular formula is C22H28F3N3O3. The van der Waals surface area contributed by atoms with Crippen LogP contribution in [0.1, 0.15) is 61.6 Å². The highest BCUT2D eigenvalue weighted by molar-refractivity contribution is 6.06. The molecule has 0 bridgehead atoms. The van der Waals surface area contributed by atoms with E-state index >= 15 is 0 Å². The van der Waals surface area contributed by atoms with Crippen molar-refractivity contribution in [2.45, 2.75) is 64.3 Å². The van der Waals surface area contributed by atoms with Crippen LogP contribution in [0.3, 0.4) is 0 Å². The van der Waals surface area contributed by atoms with E-state index in [2.05, 4.69) is 10.4 Å². The molecule has 0 spiro atoms. The maximum absolute atomic E-state index is 13.2. The summed E-state index contributed by atoms with van der Waals surface area (Å²) in [7, 11) is 1.31. The largest absolute Gasteiger partial charge is 0.496 e. The number of anilines is 1. The molecule has 2 aromatic rings. The van der Waals surface area contributed by atoms with Gasteiger partial charge in [-0.3, -0.25) is 4.79 Å². The molecule has 9 heteroatoms. The summed E-state index contributed by atoms with van der Waals surface area (Å²) in [5.74, 6) is -0.235. The second-order valence-corrected chi connectivity index (χ2v) is 8.70. The van der Waals surface area contributed by atoms with Gasteiger partial charge in [-0.15, -0.1) is 0 Å². The molecule has 0 aliphatic carbocycles. The first-order valence-electron chi connectivity index (χ1n) is 10.3. The molecule has 1 atom stereocenters. The Kier molecular flexibility index (Phi) is 6.64. The highest BCUT2D eigenvalue weighted by Crippen LogP contribution is 2.33. The van der Waals surface area contributed by atoms with Crippen molar-refractivity contribution in [1.29, 1.82) is 0 Å². The van der Waals surface area contributed by atoms with Crippen molar-refractivity contribution in [3.05, 3.63) is 41.1 Å². The van der Waals surface area contributed by atoms with Gasteiger partial charge in [0.15, 0.2) is 0 Å². The molecule has 31 heavy (non-hydrogen) atoms. The Hall–Kier alpha value is -2.55. The number of carbonyl (C=O) groups excluding carboxylic acids is 1. The summed E-state index contributed by atoms with van der Waals surface area (Å²) in [6, 6.07) is 4.58. The van der Waals surface area contributed by atoms with Gasteiger partial charge in [0, 0.05) is 18.1 Å². The zero-order chi connectivity index (χ0) is 22.8. The van der Waals surface area contributed by atoms with Gasteiger partial charge in [0.05, 0.1) is 36.6 Å². The fourth-order valence-electron chi connectivity index (χ4n) is 3.41. The zero-order valence-corrected chi connectivity index (χ0v) is 18.2. The number of benzene rings is 1. The van der Waals surface area contributed by atoms with Gasteiger partial charge in [0.25, 0.3) is 5.91 Å². The third-order valence-corrected chi connectivity index (χ3v) is 5.21. The van der Waals surface area contributed by atoms with Crippen LogP contribution in [0.2, 0.25) is 0 Å². The molecule has 1 aliphatic rings. The molecule has 0 saturated carbocycles. The van der Waals surface area contributed by atoms with E-state index in [1.807, 2.05) is 20.8 Å². The van der Waals surface area contributed by atoms with E-state index in [0.717, 1.165) is 43.2 Å². The lowest BCUT2D eigenvalue weighted by molar-refractivity contribution is -0.137. The maximum atomic E-state index is 13.2. The minimum Gasteiger partial charge on any atom is -0.496 e.